The Bertz CT molecular complexity index is 156. The van der Waals surface area contributed by atoms with E-state index in [1.165, 1.54) is 0 Å². The lowest BCUT2D eigenvalue weighted by molar-refractivity contribution is 0.0185. The zero-order chi connectivity index (χ0) is 10.1. The van der Waals surface area contributed by atoms with Crippen LogP contribution in [0, 0.1) is 12.3 Å². The number of hydrogen-bond acceptors (Lipinski definition) is 2. The third-order valence-corrected chi connectivity index (χ3v) is 1.49. The molecule has 4 heteroatoms. The van der Waals surface area contributed by atoms with Crippen LogP contribution in [0.25, 0.3) is 0 Å². The molecule has 0 radical (unpaired) electrons. The minimum Gasteiger partial charge on any atom is -0.374 e. The van der Waals surface area contributed by atoms with E-state index in [4.69, 9.17) is 6.42 Å². The second-order valence-electron chi connectivity index (χ2n) is 2.55. The van der Waals surface area contributed by atoms with Gasteiger partial charge in [-0.2, -0.15) is 0 Å². The number of halogens is 2. The van der Waals surface area contributed by atoms with Crippen LogP contribution in [0.2, 0.25) is 0 Å². The molecule has 0 amide bonds. The van der Waals surface area contributed by atoms with Crippen molar-refractivity contribution < 1.29 is 13.5 Å². The highest BCUT2D eigenvalue weighted by Gasteiger charge is 2.02. The molecule has 76 valence electrons. The fourth-order valence-corrected chi connectivity index (χ4v) is 0.799. The Kier molecular flexibility index (Phi) is 7.56. The molecule has 0 aliphatic carbocycles. The number of terminal acetylenes is 1. The number of ether oxygens (including phenoxy) is 1. The average molecular weight is 191 g/mol. The molecular weight excluding hydrogens is 176 g/mol. The Hall–Kier alpha value is -0.660. The first kappa shape index (κ1) is 12.3. The highest BCUT2D eigenvalue weighted by atomic mass is 19.3. The highest BCUT2D eigenvalue weighted by molar-refractivity contribution is 4.97. The van der Waals surface area contributed by atoms with Crippen molar-refractivity contribution >= 4 is 0 Å². The Morgan fingerprint density at radius 2 is 2.23 bits per heavy atom. The van der Waals surface area contributed by atoms with Gasteiger partial charge in [-0.15, -0.1) is 6.42 Å². The quantitative estimate of drug-likeness (QED) is 0.483. The molecular formula is C9H15F2NO. The lowest BCUT2D eigenvalue weighted by Gasteiger charge is -2.10. The van der Waals surface area contributed by atoms with Crippen molar-refractivity contribution in [1.29, 1.82) is 0 Å². The van der Waals surface area contributed by atoms with Crippen LogP contribution in [0.15, 0.2) is 0 Å². The second kappa shape index (κ2) is 7.96. The molecule has 0 aromatic rings. The summed E-state index contributed by atoms with van der Waals surface area (Å²) in [5, 5.41) is 2.99. The largest absolute Gasteiger partial charge is 0.374 e. The maximum Gasteiger partial charge on any atom is 0.261 e. The van der Waals surface area contributed by atoms with Gasteiger partial charge in [0.15, 0.2) is 0 Å². The van der Waals surface area contributed by atoms with Gasteiger partial charge >= 0.3 is 0 Å². The Balaban J connectivity index is 3.21. The highest BCUT2D eigenvalue weighted by Crippen LogP contribution is 1.92. The van der Waals surface area contributed by atoms with E-state index in [-0.39, 0.29) is 12.6 Å². The third-order valence-electron chi connectivity index (χ3n) is 1.49. The molecule has 2 nitrogen and oxygen atoms in total. The summed E-state index contributed by atoms with van der Waals surface area (Å²) < 4.78 is 27.8. The molecule has 0 saturated carbocycles. The van der Waals surface area contributed by atoms with Crippen LogP contribution in [0.1, 0.15) is 13.3 Å². The lowest BCUT2D eigenvalue weighted by Crippen LogP contribution is -2.30. The van der Waals surface area contributed by atoms with Gasteiger partial charge in [-0.05, 0) is 6.42 Å². The molecule has 1 unspecified atom stereocenters. The predicted octanol–water partition coefficient (Wildman–Crippen LogP) is 1.27. The van der Waals surface area contributed by atoms with Crippen molar-refractivity contribution in [2.75, 3.05) is 19.8 Å². The molecule has 0 aliphatic rings. The summed E-state index contributed by atoms with van der Waals surface area (Å²) in [6.07, 6.45) is 3.60. The molecule has 1 N–H and O–H groups in total. The van der Waals surface area contributed by atoms with Gasteiger partial charge in [0, 0.05) is 6.54 Å². The minimum atomic E-state index is -2.39. The fourth-order valence-electron chi connectivity index (χ4n) is 0.799. The second-order valence-corrected chi connectivity index (χ2v) is 2.55. The Morgan fingerprint density at radius 1 is 1.54 bits per heavy atom. The topological polar surface area (TPSA) is 21.3 Å². The molecule has 0 saturated heterocycles. The number of rotatable bonds is 7. The van der Waals surface area contributed by atoms with Crippen LogP contribution < -0.4 is 5.32 Å². The van der Waals surface area contributed by atoms with Gasteiger partial charge in [0.1, 0.15) is 6.61 Å². The van der Waals surface area contributed by atoms with Crippen LogP contribution in [0.4, 0.5) is 8.78 Å². The standard InChI is InChI=1S/C9H15F2NO/c1-3-8(4-2)12-5-6-13-7-9(10)11/h1,8-9,12H,4-7H2,2H3. The summed E-state index contributed by atoms with van der Waals surface area (Å²) in [4.78, 5) is 0. The summed E-state index contributed by atoms with van der Waals surface area (Å²) in [5.74, 6) is 2.54. The Labute approximate surface area is 77.7 Å². The molecule has 0 rings (SSSR count). The van der Waals surface area contributed by atoms with Gasteiger partial charge in [-0.3, -0.25) is 0 Å². The molecule has 0 aromatic heterocycles. The number of nitrogens with one attached hydrogen (secondary N) is 1. The minimum absolute atomic E-state index is 0.00940. The molecule has 0 bridgehead atoms. The summed E-state index contributed by atoms with van der Waals surface area (Å²) in [7, 11) is 0. The predicted molar refractivity (Wildman–Crippen MR) is 47.7 cm³/mol. The van der Waals surface area contributed by atoms with Crippen molar-refractivity contribution in [3.8, 4) is 12.3 Å². The SMILES string of the molecule is C#CC(CC)NCCOCC(F)F. The van der Waals surface area contributed by atoms with Crippen LogP contribution in [0.5, 0.6) is 0 Å². The molecule has 13 heavy (non-hydrogen) atoms. The first-order valence-electron chi connectivity index (χ1n) is 4.26. The van der Waals surface area contributed by atoms with Crippen LogP contribution in [0.3, 0.4) is 0 Å². The van der Waals surface area contributed by atoms with E-state index in [1.807, 2.05) is 6.92 Å². The molecule has 0 aromatic carbocycles. The van der Waals surface area contributed by atoms with Crippen molar-refractivity contribution in [2.24, 2.45) is 0 Å². The van der Waals surface area contributed by atoms with E-state index in [0.717, 1.165) is 6.42 Å². The number of hydrogen-bond donors (Lipinski definition) is 1. The normalized spacial score (nSPS) is 12.8. The van der Waals surface area contributed by atoms with Gasteiger partial charge in [0.05, 0.1) is 12.6 Å². The summed E-state index contributed by atoms with van der Waals surface area (Å²) in [6, 6.07) is 0.00940. The summed E-state index contributed by atoms with van der Waals surface area (Å²) in [6.45, 7) is 2.23. The molecule has 1 atom stereocenters. The molecule has 0 spiro atoms. The van der Waals surface area contributed by atoms with Gasteiger partial charge in [-0.1, -0.05) is 12.8 Å². The first-order valence-corrected chi connectivity index (χ1v) is 4.26. The smallest absolute Gasteiger partial charge is 0.261 e. The van der Waals surface area contributed by atoms with E-state index < -0.39 is 13.0 Å². The molecule has 0 aliphatic heterocycles. The summed E-state index contributed by atoms with van der Waals surface area (Å²) >= 11 is 0. The fraction of sp³-hybridized carbons (Fsp3) is 0.778. The van der Waals surface area contributed by atoms with Crippen LogP contribution in [-0.4, -0.2) is 32.2 Å². The third kappa shape index (κ3) is 7.69. The number of alkyl halides is 2. The lowest BCUT2D eigenvalue weighted by atomic mass is 10.2. The van der Waals surface area contributed by atoms with Crippen molar-refractivity contribution in [3.05, 3.63) is 0 Å². The van der Waals surface area contributed by atoms with Gasteiger partial charge in [0.25, 0.3) is 6.43 Å². The van der Waals surface area contributed by atoms with E-state index in [9.17, 15) is 8.78 Å². The van der Waals surface area contributed by atoms with Crippen molar-refractivity contribution in [1.82, 2.24) is 5.32 Å². The van der Waals surface area contributed by atoms with E-state index in [1.54, 1.807) is 0 Å². The zero-order valence-corrected chi connectivity index (χ0v) is 7.72. The van der Waals surface area contributed by atoms with E-state index in [0.29, 0.717) is 6.54 Å². The zero-order valence-electron chi connectivity index (χ0n) is 7.72. The maximum atomic E-state index is 11.6. The first-order chi connectivity index (χ1) is 6.20. The van der Waals surface area contributed by atoms with Crippen molar-refractivity contribution in [3.63, 3.8) is 0 Å². The maximum absolute atomic E-state index is 11.6. The molecule has 0 heterocycles. The van der Waals surface area contributed by atoms with Gasteiger partial charge in [0.2, 0.25) is 0 Å². The monoisotopic (exact) mass is 191 g/mol. The van der Waals surface area contributed by atoms with E-state index in [2.05, 4.69) is 16.0 Å². The van der Waals surface area contributed by atoms with E-state index >= 15 is 0 Å². The van der Waals surface area contributed by atoms with Crippen LogP contribution in [-0.2, 0) is 4.74 Å². The van der Waals surface area contributed by atoms with Crippen LogP contribution >= 0.6 is 0 Å². The molecule has 0 fully saturated rings. The van der Waals surface area contributed by atoms with Gasteiger partial charge in [-0.25, -0.2) is 8.78 Å². The Morgan fingerprint density at radius 3 is 2.69 bits per heavy atom. The van der Waals surface area contributed by atoms with Crippen molar-refractivity contribution in [2.45, 2.75) is 25.8 Å². The summed E-state index contributed by atoms with van der Waals surface area (Å²) in [5.41, 5.74) is 0. The average Bonchev–Trinajstić information content (AvgIpc) is 2.11. The van der Waals surface area contributed by atoms with Gasteiger partial charge < -0.3 is 10.1 Å².